The van der Waals surface area contributed by atoms with E-state index < -0.39 is 36.6 Å². The highest BCUT2D eigenvalue weighted by Gasteiger charge is 2.40. The van der Waals surface area contributed by atoms with Crippen molar-refractivity contribution >= 4 is 18.3 Å². The molecular weight excluding hydrogens is 555 g/mol. The van der Waals surface area contributed by atoms with Crippen molar-refractivity contribution in [3.05, 3.63) is 102 Å². The largest absolute Gasteiger partial charge is 0.414 e. The van der Waals surface area contributed by atoms with Gasteiger partial charge in [-0.05, 0) is 48.3 Å². The summed E-state index contributed by atoms with van der Waals surface area (Å²) in [7, 11) is -6.15. The first-order valence-corrected chi connectivity index (χ1v) is 18.4. The molecule has 3 aromatic carbocycles. The predicted octanol–water partition coefficient (Wildman–Crippen LogP) is 5.83. The number of hydrogen-bond donors (Lipinski definition) is 2. The molecule has 0 unspecified atom stereocenters. The van der Waals surface area contributed by atoms with Crippen LogP contribution in [0.15, 0.2) is 89.8 Å². The van der Waals surface area contributed by atoms with Crippen molar-refractivity contribution in [1.82, 2.24) is 4.72 Å². The zero-order valence-corrected chi connectivity index (χ0v) is 26.9. The number of benzene rings is 3. The van der Waals surface area contributed by atoms with E-state index in [2.05, 4.69) is 38.6 Å². The lowest BCUT2D eigenvalue weighted by molar-refractivity contribution is -0.0887. The van der Waals surface area contributed by atoms with E-state index in [4.69, 9.17) is 13.9 Å². The first-order valence-electron chi connectivity index (χ1n) is 14.0. The maximum Gasteiger partial charge on any atom is 0.240 e. The Balaban J connectivity index is 1.89. The van der Waals surface area contributed by atoms with Gasteiger partial charge in [-0.3, -0.25) is 0 Å². The highest BCUT2D eigenvalue weighted by molar-refractivity contribution is 7.89. The van der Waals surface area contributed by atoms with Crippen LogP contribution in [0.1, 0.15) is 37.5 Å². The molecule has 0 aliphatic carbocycles. The molecule has 3 atom stereocenters. The maximum atomic E-state index is 13.5. The summed E-state index contributed by atoms with van der Waals surface area (Å²) >= 11 is 0. The first-order chi connectivity index (χ1) is 19.3. The van der Waals surface area contributed by atoms with Gasteiger partial charge in [-0.2, -0.15) is 0 Å². The van der Waals surface area contributed by atoms with E-state index in [-0.39, 0.29) is 36.4 Å². The smallest absolute Gasteiger partial charge is 0.240 e. The summed E-state index contributed by atoms with van der Waals surface area (Å²) in [6, 6.07) is 25.0. The molecule has 0 amide bonds. The van der Waals surface area contributed by atoms with Gasteiger partial charge in [0.15, 0.2) is 8.32 Å². The van der Waals surface area contributed by atoms with Gasteiger partial charge < -0.3 is 19.0 Å². The van der Waals surface area contributed by atoms with E-state index in [1.165, 1.54) is 0 Å². The third-order valence-corrected chi connectivity index (χ3v) is 13.5. The summed E-state index contributed by atoms with van der Waals surface area (Å²) in [6.07, 6.45) is -2.06. The van der Waals surface area contributed by atoms with Gasteiger partial charge in [-0.15, -0.1) is 0 Å². The molecule has 3 rings (SSSR count). The second-order valence-electron chi connectivity index (χ2n) is 11.9. The first kappa shape index (κ1) is 33.1. The molecule has 0 heterocycles. The van der Waals surface area contributed by atoms with Crippen LogP contribution >= 0.6 is 0 Å². The summed E-state index contributed by atoms with van der Waals surface area (Å²) in [5.74, 6) is 0. The molecule has 0 saturated heterocycles. The number of aryl methyl sites for hydroxylation is 1. The fraction of sp³-hybridized carbons (Fsp3) is 0.438. The van der Waals surface area contributed by atoms with Gasteiger partial charge in [-0.25, -0.2) is 13.1 Å². The van der Waals surface area contributed by atoms with Crippen molar-refractivity contribution in [3.63, 3.8) is 0 Å². The van der Waals surface area contributed by atoms with Crippen LogP contribution in [0, 0.1) is 6.92 Å². The summed E-state index contributed by atoms with van der Waals surface area (Å²) in [4.78, 5) is 0.130. The van der Waals surface area contributed by atoms with Crippen LogP contribution in [0.2, 0.25) is 18.1 Å². The van der Waals surface area contributed by atoms with Gasteiger partial charge in [0, 0.05) is 0 Å². The highest BCUT2D eigenvalue weighted by atomic mass is 32.2. The van der Waals surface area contributed by atoms with Gasteiger partial charge in [0.1, 0.15) is 12.2 Å². The molecule has 9 heteroatoms. The van der Waals surface area contributed by atoms with Crippen molar-refractivity contribution < 1.29 is 27.4 Å². The third kappa shape index (κ3) is 10.1. The topological polar surface area (TPSA) is 94.1 Å². The molecule has 224 valence electrons. The summed E-state index contributed by atoms with van der Waals surface area (Å²) in [6.45, 7) is 13.0. The second-order valence-corrected chi connectivity index (χ2v) is 18.5. The number of ether oxygens (including phenoxy) is 2. The molecule has 41 heavy (non-hydrogen) atoms. The monoisotopic (exact) mass is 599 g/mol. The Morgan fingerprint density at radius 1 is 0.829 bits per heavy atom. The molecule has 2 N–H and O–H groups in total. The Morgan fingerprint density at radius 3 is 1.90 bits per heavy atom. The average Bonchev–Trinajstić information content (AvgIpc) is 2.92. The average molecular weight is 600 g/mol. The van der Waals surface area contributed by atoms with Crippen LogP contribution in [0.25, 0.3) is 0 Å². The van der Waals surface area contributed by atoms with E-state index in [9.17, 15) is 13.5 Å². The van der Waals surface area contributed by atoms with Crippen molar-refractivity contribution in [1.29, 1.82) is 0 Å². The Hall–Kier alpha value is -2.37. The predicted molar refractivity (Wildman–Crippen MR) is 166 cm³/mol. The minimum absolute atomic E-state index is 0.0113. The number of aliphatic hydroxyl groups excluding tert-OH is 1. The Labute approximate surface area is 247 Å². The van der Waals surface area contributed by atoms with Crippen molar-refractivity contribution in [2.75, 3.05) is 13.2 Å². The second kappa shape index (κ2) is 14.7. The molecule has 0 aliphatic heterocycles. The van der Waals surface area contributed by atoms with E-state index >= 15 is 0 Å². The van der Waals surface area contributed by atoms with Gasteiger partial charge >= 0.3 is 0 Å². The van der Waals surface area contributed by atoms with Crippen LogP contribution in [0.3, 0.4) is 0 Å². The quantitative estimate of drug-likeness (QED) is 0.214. The standard InChI is InChI=1S/C32H45NO6SSi/c1-25-17-19-28(20-18-25)40(35,36)33-29(23-37-21-26-13-9-7-10-14-26)31(38-22-27-15-11-8-12-16-27)30(34)24-39-41(5,6)32(2,3)4/h7-20,29-31,33-34H,21-24H2,1-6H3/t29-,30+,31+/m0/s1. The zero-order chi connectivity index (χ0) is 30.1. The number of aliphatic hydroxyl groups is 1. The van der Waals surface area contributed by atoms with E-state index in [1.807, 2.05) is 67.6 Å². The van der Waals surface area contributed by atoms with Crippen molar-refractivity contribution in [2.45, 2.75) is 82.2 Å². The van der Waals surface area contributed by atoms with Crippen LogP contribution in [0.5, 0.6) is 0 Å². The lowest BCUT2D eigenvalue weighted by Gasteiger charge is -2.38. The fourth-order valence-corrected chi connectivity index (χ4v) is 6.18. The third-order valence-electron chi connectivity index (χ3n) is 7.53. The van der Waals surface area contributed by atoms with Crippen LogP contribution in [-0.2, 0) is 37.1 Å². The lowest BCUT2D eigenvalue weighted by Crippen LogP contribution is -2.54. The van der Waals surface area contributed by atoms with Crippen LogP contribution in [-0.4, -0.2) is 53.3 Å². The summed E-state index contributed by atoms with van der Waals surface area (Å²) in [5.41, 5.74) is 2.81. The molecule has 0 aliphatic rings. The number of nitrogens with one attached hydrogen (secondary N) is 1. The molecule has 0 bridgehead atoms. The molecule has 0 radical (unpaired) electrons. The van der Waals surface area contributed by atoms with E-state index in [1.54, 1.807) is 24.3 Å². The van der Waals surface area contributed by atoms with Gasteiger partial charge in [0.2, 0.25) is 10.0 Å². The fourth-order valence-electron chi connectivity index (χ4n) is 3.93. The Morgan fingerprint density at radius 2 is 1.37 bits per heavy atom. The zero-order valence-electron chi connectivity index (χ0n) is 25.0. The molecule has 7 nitrogen and oxygen atoms in total. The number of hydrogen-bond acceptors (Lipinski definition) is 6. The summed E-state index contributed by atoms with van der Waals surface area (Å²) < 4.78 is 48.4. The molecule has 3 aromatic rings. The van der Waals surface area contributed by atoms with Crippen molar-refractivity contribution in [2.24, 2.45) is 0 Å². The van der Waals surface area contributed by atoms with Gasteiger partial charge in [-0.1, -0.05) is 99.1 Å². The molecular formula is C32H45NO6SSi. The maximum absolute atomic E-state index is 13.5. The summed E-state index contributed by atoms with van der Waals surface area (Å²) in [5, 5.41) is 11.4. The lowest BCUT2D eigenvalue weighted by atomic mass is 10.1. The molecule has 0 spiro atoms. The van der Waals surface area contributed by atoms with Gasteiger partial charge in [0.25, 0.3) is 0 Å². The number of rotatable bonds is 15. The normalized spacial score (nSPS) is 14.9. The minimum atomic E-state index is -3.95. The van der Waals surface area contributed by atoms with Crippen LogP contribution < -0.4 is 4.72 Å². The minimum Gasteiger partial charge on any atom is -0.414 e. The molecule has 0 aromatic heterocycles. The number of sulfonamides is 1. The van der Waals surface area contributed by atoms with E-state index in [0.717, 1.165) is 16.7 Å². The Bertz CT molecular complexity index is 1300. The van der Waals surface area contributed by atoms with Gasteiger partial charge in [0.05, 0.1) is 37.4 Å². The Kier molecular flexibility index (Phi) is 11.9. The van der Waals surface area contributed by atoms with Crippen molar-refractivity contribution in [3.8, 4) is 0 Å². The SMILES string of the molecule is Cc1ccc(S(=O)(=O)N[C@@H](COCc2ccccc2)[C@@H](OCc2ccccc2)[C@H](O)CO[Si](C)(C)C(C)(C)C)cc1. The van der Waals surface area contributed by atoms with E-state index in [0.29, 0.717) is 0 Å². The molecule has 0 fully saturated rings. The molecule has 0 saturated carbocycles. The highest BCUT2D eigenvalue weighted by Crippen LogP contribution is 2.36. The van der Waals surface area contributed by atoms with Crippen LogP contribution in [0.4, 0.5) is 0 Å².